The van der Waals surface area contributed by atoms with Gasteiger partial charge in [-0.1, -0.05) is 25.7 Å². The predicted octanol–water partition coefficient (Wildman–Crippen LogP) is 4.06. The van der Waals surface area contributed by atoms with Crippen LogP contribution in [0, 0.1) is 22.0 Å². The van der Waals surface area contributed by atoms with Crippen LogP contribution in [0.1, 0.15) is 25.0 Å². The fourth-order valence-corrected chi connectivity index (χ4v) is 2.41. The molecule has 0 saturated heterocycles. The van der Waals surface area contributed by atoms with Gasteiger partial charge in [-0.3, -0.25) is 10.1 Å². The van der Waals surface area contributed by atoms with Gasteiger partial charge in [0.1, 0.15) is 5.56 Å². The predicted molar refractivity (Wildman–Crippen MR) is 110 cm³/mol. The molecule has 0 aromatic heterocycles. The topological polar surface area (TPSA) is 89.3 Å². The Labute approximate surface area is 170 Å². The number of ether oxygens (including phenoxy) is 5. The maximum absolute atomic E-state index is 11.4. The van der Waals surface area contributed by atoms with Gasteiger partial charge >= 0.3 is 0 Å². The Hall–Kier alpha value is -3.60. The molecule has 0 heterocycles. The van der Waals surface area contributed by atoms with Gasteiger partial charge < -0.3 is 23.7 Å². The van der Waals surface area contributed by atoms with Crippen molar-refractivity contribution in [3.8, 4) is 40.6 Å². The molecule has 0 fully saturated rings. The molecule has 0 amide bonds. The maximum atomic E-state index is 11.4. The van der Waals surface area contributed by atoms with Crippen LogP contribution >= 0.6 is 0 Å². The zero-order valence-electron chi connectivity index (χ0n) is 17.6. The number of nitro benzene ring substituents is 1. The zero-order chi connectivity index (χ0) is 22.0. The molecule has 0 atom stereocenters. The lowest BCUT2D eigenvalue weighted by Crippen LogP contribution is -1.97. The number of methoxy groups -OCH3 is 5. The number of hydrogen-bond donors (Lipinski definition) is 0. The first-order valence-corrected chi connectivity index (χ1v) is 8.71. The summed E-state index contributed by atoms with van der Waals surface area (Å²) in [6.45, 7) is 4.00. The van der Waals surface area contributed by atoms with Crippen molar-refractivity contribution in [2.75, 3.05) is 35.5 Å². The Bertz CT molecular complexity index is 888. The molecule has 2 rings (SSSR count). The summed E-state index contributed by atoms with van der Waals surface area (Å²) in [5, 5.41) is 11.4. The molecule has 0 aliphatic heterocycles. The molecule has 29 heavy (non-hydrogen) atoms. The van der Waals surface area contributed by atoms with Crippen molar-refractivity contribution in [1.82, 2.24) is 0 Å². The van der Waals surface area contributed by atoms with Crippen LogP contribution in [-0.4, -0.2) is 40.5 Å². The quantitative estimate of drug-likeness (QED) is 0.408. The largest absolute Gasteiger partial charge is 0.493 e. The molecule has 0 unspecified atom stereocenters. The van der Waals surface area contributed by atoms with E-state index in [9.17, 15) is 10.1 Å². The van der Waals surface area contributed by atoms with Crippen LogP contribution in [-0.2, 0) is 0 Å². The van der Waals surface area contributed by atoms with Gasteiger partial charge in [0.15, 0.2) is 23.0 Å². The summed E-state index contributed by atoms with van der Waals surface area (Å²) in [5.41, 5.74) is 0.535. The van der Waals surface area contributed by atoms with Gasteiger partial charge in [0.2, 0.25) is 5.75 Å². The Morgan fingerprint density at radius 2 is 1.21 bits per heavy atom. The monoisotopic (exact) mass is 403 g/mol. The molecule has 0 bridgehead atoms. The number of nitrogens with zero attached hydrogens (tertiary/aromatic N) is 1. The van der Waals surface area contributed by atoms with E-state index in [0.29, 0.717) is 28.6 Å². The first kappa shape index (κ1) is 23.4. The fourth-order valence-electron chi connectivity index (χ4n) is 2.41. The number of nitro groups is 1. The van der Waals surface area contributed by atoms with Gasteiger partial charge in [0, 0.05) is 11.6 Å². The first-order valence-electron chi connectivity index (χ1n) is 8.71. The van der Waals surface area contributed by atoms with Crippen LogP contribution in [0.4, 0.5) is 5.69 Å². The number of rotatable bonds is 6. The Morgan fingerprint density at radius 3 is 1.62 bits per heavy atom. The van der Waals surface area contributed by atoms with Gasteiger partial charge in [-0.15, -0.1) is 0 Å². The average Bonchev–Trinajstić information content (AvgIpc) is 2.77. The molecular weight excluding hydrogens is 378 g/mol. The van der Waals surface area contributed by atoms with Gasteiger partial charge in [0.25, 0.3) is 5.69 Å². The standard InChI is InChI=1S/C19H19NO7.C2H6/c1-23-15-10-13(14(20(21)22)11-16(15)24-2)7-6-12-8-17(25-3)19(27-5)18(9-12)26-4;1-2/h8-11H,1-5H3;1-2H3. The van der Waals surface area contributed by atoms with Gasteiger partial charge in [-0.25, -0.2) is 0 Å². The van der Waals surface area contributed by atoms with E-state index in [1.54, 1.807) is 12.1 Å². The molecule has 2 aromatic carbocycles. The highest BCUT2D eigenvalue weighted by molar-refractivity contribution is 5.63. The van der Waals surface area contributed by atoms with Crippen molar-refractivity contribution in [2.24, 2.45) is 0 Å². The Balaban J connectivity index is 0.00000204. The SMILES string of the molecule is CC.COc1cc(C#Cc2cc(OC)c(OC)c(OC)c2)c([N+](=O)[O-])cc1OC. The van der Waals surface area contributed by atoms with Crippen LogP contribution < -0.4 is 23.7 Å². The van der Waals surface area contributed by atoms with Crippen molar-refractivity contribution < 1.29 is 28.6 Å². The van der Waals surface area contributed by atoms with Crippen molar-refractivity contribution in [1.29, 1.82) is 0 Å². The Kier molecular flexibility index (Phi) is 9.13. The molecule has 8 heteroatoms. The number of hydrogen-bond acceptors (Lipinski definition) is 7. The number of benzene rings is 2. The summed E-state index contributed by atoms with van der Waals surface area (Å²) in [4.78, 5) is 10.8. The molecule has 2 aromatic rings. The second kappa shape index (κ2) is 11.3. The molecule has 0 aliphatic carbocycles. The van der Waals surface area contributed by atoms with Crippen molar-refractivity contribution in [2.45, 2.75) is 13.8 Å². The summed E-state index contributed by atoms with van der Waals surface area (Å²) in [6.07, 6.45) is 0. The first-order chi connectivity index (χ1) is 14.0. The fraction of sp³-hybridized carbons (Fsp3) is 0.333. The van der Waals surface area contributed by atoms with E-state index < -0.39 is 4.92 Å². The summed E-state index contributed by atoms with van der Waals surface area (Å²) >= 11 is 0. The van der Waals surface area contributed by atoms with E-state index in [2.05, 4.69) is 11.8 Å². The summed E-state index contributed by atoms with van der Waals surface area (Å²) in [6, 6.07) is 6.04. The second-order valence-corrected chi connectivity index (χ2v) is 5.15. The normalized spacial score (nSPS) is 9.21. The van der Waals surface area contributed by atoms with Crippen LogP contribution in [0.15, 0.2) is 24.3 Å². The lowest BCUT2D eigenvalue weighted by atomic mass is 10.1. The second-order valence-electron chi connectivity index (χ2n) is 5.15. The highest BCUT2D eigenvalue weighted by Crippen LogP contribution is 2.38. The Morgan fingerprint density at radius 1 is 0.724 bits per heavy atom. The van der Waals surface area contributed by atoms with E-state index in [0.717, 1.165) is 0 Å². The molecule has 0 saturated carbocycles. The zero-order valence-corrected chi connectivity index (χ0v) is 17.6. The minimum atomic E-state index is -0.527. The van der Waals surface area contributed by atoms with Gasteiger partial charge in [0.05, 0.1) is 46.5 Å². The van der Waals surface area contributed by atoms with Crippen molar-refractivity contribution >= 4 is 5.69 Å². The summed E-state index contributed by atoms with van der Waals surface area (Å²) < 4.78 is 26.1. The third kappa shape index (κ3) is 5.45. The highest BCUT2D eigenvalue weighted by Gasteiger charge is 2.18. The van der Waals surface area contributed by atoms with Crippen molar-refractivity contribution in [3.05, 3.63) is 45.5 Å². The van der Waals surface area contributed by atoms with E-state index in [1.807, 2.05) is 13.8 Å². The highest BCUT2D eigenvalue weighted by atomic mass is 16.6. The molecule has 0 N–H and O–H groups in total. The van der Waals surface area contributed by atoms with E-state index in [-0.39, 0.29) is 17.0 Å². The summed E-state index contributed by atoms with van der Waals surface area (Å²) in [7, 11) is 7.34. The molecule has 8 nitrogen and oxygen atoms in total. The van der Waals surface area contributed by atoms with Crippen LogP contribution in [0.3, 0.4) is 0 Å². The molecule has 0 aliphatic rings. The van der Waals surface area contributed by atoms with E-state index >= 15 is 0 Å². The van der Waals surface area contributed by atoms with Crippen LogP contribution in [0.2, 0.25) is 0 Å². The third-order valence-electron chi connectivity index (χ3n) is 3.70. The van der Waals surface area contributed by atoms with Gasteiger partial charge in [-0.05, 0) is 12.1 Å². The minimum absolute atomic E-state index is 0.186. The van der Waals surface area contributed by atoms with E-state index in [1.165, 1.54) is 47.7 Å². The van der Waals surface area contributed by atoms with Gasteiger partial charge in [-0.2, -0.15) is 0 Å². The molecule has 0 spiro atoms. The maximum Gasteiger partial charge on any atom is 0.288 e. The average molecular weight is 403 g/mol. The summed E-state index contributed by atoms with van der Waals surface area (Å²) in [5.74, 6) is 7.57. The van der Waals surface area contributed by atoms with Crippen molar-refractivity contribution in [3.63, 3.8) is 0 Å². The van der Waals surface area contributed by atoms with Crippen LogP contribution in [0.25, 0.3) is 0 Å². The van der Waals surface area contributed by atoms with E-state index in [4.69, 9.17) is 23.7 Å². The third-order valence-corrected chi connectivity index (χ3v) is 3.70. The lowest BCUT2D eigenvalue weighted by Gasteiger charge is -2.12. The molecular formula is C21H25NO7. The lowest BCUT2D eigenvalue weighted by molar-refractivity contribution is -0.385. The smallest absolute Gasteiger partial charge is 0.288 e. The minimum Gasteiger partial charge on any atom is -0.493 e. The molecule has 0 radical (unpaired) electrons. The molecule has 156 valence electrons. The van der Waals surface area contributed by atoms with Crippen LogP contribution in [0.5, 0.6) is 28.7 Å².